The number of unbranched alkanes of at least 4 members (excludes halogenated alkanes) is 2. The lowest BCUT2D eigenvalue weighted by Crippen LogP contribution is -2.42. The van der Waals surface area contributed by atoms with Crippen molar-refractivity contribution in [2.24, 2.45) is 4.99 Å². The number of hydrogen-bond acceptors (Lipinski definition) is 5. The lowest BCUT2D eigenvalue weighted by atomic mass is 10.1. The molecule has 3 rings (SSSR count). The number of anilines is 2. The number of aromatic nitrogens is 2. The molecule has 0 spiro atoms. The van der Waals surface area contributed by atoms with E-state index in [9.17, 15) is 9.59 Å². The molecule has 2 heterocycles. The minimum Gasteiger partial charge on any atom is -0.481 e. The van der Waals surface area contributed by atoms with Gasteiger partial charge in [0.15, 0.2) is 11.2 Å². The molecule has 2 N–H and O–H groups in total. The predicted molar refractivity (Wildman–Crippen MR) is 99.8 cm³/mol. The standard InChI is InChI=1S/C19H22N4O3/c1-11-9-14-15(10-12(11)2)23(8-6-4-5-7-16(24)25)18-17(22-14)19(26)21-13(3)20-18/h9-10H,3-8H2,1-2H3,(H,21,26)(H,24,25). The lowest BCUT2D eigenvalue weighted by Gasteiger charge is -2.28. The second kappa shape index (κ2) is 7.11. The highest BCUT2D eigenvalue weighted by Gasteiger charge is 2.23. The first-order valence-electron chi connectivity index (χ1n) is 8.65. The van der Waals surface area contributed by atoms with E-state index in [1.807, 2.05) is 24.8 Å². The molecule has 0 fully saturated rings. The van der Waals surface area contributed by atoms with Crippen LogP contribution in [0.5, 0.6) is 0 Å². The second-order valence-electron chi connectivity index (χ2n) is 6.58. The highest BCUT2D eigenvalue weighted by Crippen LogP contribution is 2.36. The van der Waals surface area contributed by atoms with Crippen LogP contribution in [-0.4, -0.2) is 27.6 Å². The van der Waals surface area contributed by atoms with E-state index in [0.717, 1.165) is 35.3 Å². The third-order valence-corrected chi connectivity index (χ3v) is 4.57. The van der Waals surface area contributed by atoms with Crippen LogP contribution >= 0.6 is 0 Å². The van der Waals surface area contributed by atoms with Crippen molar-refractivity contribution in [2.75, 3.05) is 11.4 Å². The average Bonchev–Trinajstić information content (AvgIpc) is 2.56. The van der Waals surface area contributed by atoms with Gasteiger partial charge in [0.1, 0.15) is 5.48 Å². The summed E-state index contributed by atoms with van der Waals surface area (Å²) < 4.78 is 0. The molecule has 0 radical (unpaired) electrons. The number of aliphatic carboxylic acids is 1. The molecule has 1 aromatic heterocycles. The fraction of sp³-hybridized carbons (Fsp3) is 0.368. The van der Waals surface area contributed by atoms with Crippen molar-refractivity contribution < 1.29 is 9.90 Å². The molecule has 1 aliphatic heterocycles. The minimum atomic E-state index is -0.779. The first kappa shape index (κ1) is 17.8. The maximum absolute atomic E-state index is 12.3. The third kappa shape index (κ3) is 3.51. The number of nitrogens with zero attached hydrogens (tertiary/aromatic N) is 3. The quantitative estimate of drug-likeness (QED) is 0.771. The van der Waals surface area contributed by atoms with Gasteiger partial charge in [0.05, 0.1) is 11.4 Å². The van der Waals surface area contributed by atoms with Gasteiger partial charge in [-0.05, 0) is 49.9 Å². The summed E-state index contributed by atoms with van der Waals surface area (Å²) in [5, 5.41) is 9.05. The van der Waals surface area contributed by atoms with E-state index in [-0.39, 0.29) is 12.0 Å². The molecule has 1 aromatic carbocycles. The molecule has 1 aliphatic rings. The van der Waals surface area contributed by atoms with Crippen LogP contribution in [0.4, 0.5) is 17.2 Å². The van der Waals surface area contributed by atoms with Gasteiger partial charge in [-0.3, -0.25) is 9.59 Å². The first-order chi connectivity index (χ1) is 12.4. The lowest BCUT2D eigenvalue weighted by molar-refractivity contribution is -0.137. The molecule has 0 aliphatic carbocycles. The molecule has 2 aromatic rings. The monoisotopic (exact) mass is 354 g/mol. The van der Waals surface area contributed by atoms with Crippen molar-refractivity contribution in [1.29, 1.82) is 0 Å². The van der Waals surface area contributed by atoms with Crippen molar-refractivity contribution in [3.63, 3.8) is 0 Å². The Balaban J connectivity index is 1.99. The summed E-state index contributed by atoms with van der Waals surface area (Å²) in [7, 11) is 0. The second-order valence-corrected chi connectivity index (χ2v) is 6.58. The molecule has 0 saturated carbocycles. The van der Waals surface area contributed by atoms with Gasteiger partial charge in [0.2, 0.25) is 0 Å². The maximum Gasteiger partial charge on any atom is 0.303 e. The molecular weight excluding hydrogens is 332 g/mol. The van der Waals surface area contributed by atoms with Crippen LogP contribution in [0.25, 0.3) is 6.58 Å². The Hall–Kier alpha value is -2.96. The van der Waals surface area contributed by atoms with Crippen LogP contribution < -0.4 is 21.3 Å². The zero-order chi connectivity index (χ0) is 18.8. The van der Waals surface area contributed by atoms with E-state index in [4.69, 9.17) is 5.11 Å². The van der Waals surface area contributed by atoms with E-state index in [1.165, 1.54) is 0 Å². The van der Waals surface area contributed by atoms with Crippen molar-refractivity contribution in [3.05, 3.63) is 44.5 Å². The van der Waals surface area contributed by atoms with Gasteiger partial charge in [0.25, 0.3) is 5.56 Å². The highest BCUT2D eigenvalue weighted by molar-refractivity contribution is 5.77. The number of nitrogens with one attached hydrogen (secondary N) is 1. The molecule has 0 amide bonds. The Labute approximate surface area is 150 Å². The van der Waals surface area contributed by atoms with Gasteiger partial charge in [-0.2, -0.15) is 0 Å². The topological polar surface area (TPSA) is 98.7 Å². The summed E-state index contributed by atoms with van der Waals surface area (Å²) in [5.74, 6) is -0.272. The number of fused-ring (bicyclic) bond motifs is 2. The van der Waals surface area contributed by atoms with Crippen LogP contribution in [0.2, 0.25) is 0 Å². The number of carboxylic acid groups (broad SMARTS) is 1. The number of H-pyrrole nitrogens is 1. The summed E-state index contributed by atoms with van der Waals surface area (Å²) >= 11 is 0. The number of aromatic amines is 1. The Morgan fingerprint density at radius 3 is 2.69 bits per heavy atom. The molecule has 0 saturated heterocycles. The van der Waals surface area contributed by atoms with E-state index >= 15 is 0 Å². The zero-order valence-electron chi connectivity index (χ0n) is 15.0. The van der Waals surface area contributed by atoms with Crippen molar-refractivity contribution in [2.45, 2.75) is 39.5 Å². The first-order valence-corrected chi connectivity index (χ1v) is 8.65. The fourth-order valence-corrected chi connectivity index (χ4v) is 3.06. The van der Waals surface area contributed by atoms with Crippen LogP contribution in [-0.2, 0) is 4.79 Å². The minimum absolute atomic E-state index is 0.168. The van der Waals surface area contributed by atoms with Gasteiger partial charge in [-0.15, -0.1) is 0 Å². The number of rotatable bonds is 6. The van der Waals surface area contributed by atoms with E-state index < -0.39 is 5.97 Å². The molecule has 0 atom stereocenters. The van der Waals surface area contributed by atoms with E-state index in [2.05, 4.69) is 27.6 Å². The Bertz CT molecular complexity index is 1030. The van der Waals surface area contributed by atoms with Gasteiger partial charge in [0, 0.05) is 13.0 Å². The summed E-state index contributed by atoms with van der Waals surface area (Å²) in [6, 6.07) is 4.03. The molecule has 0 unspecified atom stereocenters. The third-order valence-electron chi connectivity index (χ3n) is 4.57. The molecule has 0 bridgehead atoms. The molecule has 7 nitrogen and oxygen atoms in total. The largest absolute Gasteiger partial charge is 0.481 e. The summed E-state index contributed by atoms with van der Waals surface area (Å²) in [4.78, 5) is 36.5. The molecule has 7 heteroatoms. The van der Waals surface area contributed by atoms with Crippen LogP contribution in [0.1, 0.15) is 36.8 Å². The van der Waals surface area contributed by atoms with Crippen molar-refractivity contribution >= 4 is 29.7 Å². The van der Waals surface area contributed by atoms with E-state index in [0.29, 0.717) is 29.6 Å². The number of hydrogen-bond donors (Lipinski definition) is 2. The SMILES string of the molecule is C=c1nc2c(c(=O)[nH]1)=Nc1cc(C)c(C)cc1N2CCCCCC(=O)O. The van der Waals surface area contributed by atoms with Crippen LogP contribution in [0.3, 0.4) is 0 Å². The number of carbonyl (C=O) groups is 1. The van der Waals surface area contributed by atoms with Crippen molar-refractivity contribution in [1.82, 2.24) is 9.97 Å². The Kier molecular flexibility index (Phi) is 4.88. The van der Waals surface area contributed by atoms with Gasteiger partial charge in [-0.25, -0.2) is 9.98 Å². The van der Waals surface area contributed by atoms with Crippen LogP contribution in [0, 0.1) is 13.8 Å². The number of carboxylic acids is 1. The molecular formula is C19H22N4O3. The normalized spacial score (nSPS) is 12.3. The fourth-order valence-electron chi connectivity index (χ4n) is 3.06. The van der Waals surface area contributed by atoms with Crippen molar-refractivity contribution in [3.8, 4) is 0 Å². The maximum atomic E-state index is 12.3. The Morgan fingerprint density at radius 1 is 1.23 bits per heavy atom. The highest BCUT2D eigenvalue weighted by atomic mass is 16.4. The zero-order valence-corrected chi connectivity index (χ0v) is 15.0. The van der Waals surface area contributed by atoms with Crippen LogP contribution in [0.15, 0.2) is 21.9 Å². The molecule has 26 heavy (non-hydrogen) atoms. The summed E-state index contributed by atoms with van der Waals surface area (Å²) in [5.41, 5.74) is 3.90. The Morgan fingerprint density at radius 2 is 1.96 bits per heavy atom. The number of benzene rings is 1. The van der Waals surface area contributed by atoms with E-state index in [1.54, 1.807) is 0 Å². The van der Waals surface area contributed by atoms with Gasteiger partial charge >= 0.3 is 5.97 Å². The summed E-state index contributed by atoms with van der Waals surface area (Å²) in [6.45, 7) is 8.42. The van der Waals surface area contributed by atoms with Gasteiger partial charge in [-0.1, -0.05) is 13.0 Å². The smallest absolute Gasteiger partial charge is 0.303 e. The number of aryl methyl sites for hydroxylation is 2. The molecule has 136 valence electrons. The summed E-state index contributed by atoms with van der Waals surface area (Å²) in [6.07, 6.45) is 2.38. The predicted octanol–water partition coefficient (Wildman–Crippen LogP) is 1.84. The average molecular weight is 354 g/mol. The van der Waals surface area contributed by atoms with Gasteiger partial charge < -0.3 is 15.0 Å².